The minimum absolute atomic E-state index is 0.383. The summed E-state index contributed by atoms with van der Waals surface area (Å²) < 4.78 is 11.0. The molecule has 2 heterocycles. The quantitative estimate of drug-likeness (QED) is 0.853. The van der Waals surface area contributed by atoms with Crippen LogP contribution in [0, 0.1) is 5.92 Å². The molecule has 3 rings (SSSR count). The summed E-state index contributed by atoms with van der Waals surface area (Å²) in [5, 5.41) is 3.30. The van der Waals surface area contributed by atoms with Crippen LogP contribution in [0.4, 0.5) is 0 Å². The van der Waals surface area contributed by atoms with Crippen LogP contribution in [0.3, 0.4) is 0 Å². The Kier molecular flexibility index (Phi) is 2.50. The molecular formula is C12H14N2O2. The Morgan fingerprint density at radius 2 is 2.38 bits per heavy atom. The van der Waals surface area contributed by atoms with Crippen molar-refractivity contribution >= 4 is 11.1 Å². The molecule has 16 heavy (non-hydrogen) atoms. The number of hydrogen-bond donors (Lipinski definition) is 1. The second-order valence-electron chi connectivity index (χ2n) is 4.12. The predicted molar refractivity (Wildman–Crippen MR) is 60.5 cm³/mol. The number of rotatable bonds is 3. The summed E-state index contributed by atoms with van der Waals surface area (Å²) in [6.07, 6.45) is 1.55. The van der Waals surface area contributed by atoms with Crippen molar-refractivity contribution in [2.45, 2.75) is 6.42 Å². The number of nitrogens with one attached hydrogen (secondary N) is 1. The minimum Gasteiger partial charge on any atom is -0.450 e. The van der Waals surface area contributed by atoms with E-state index in [4.69, 9.17) is 9.15 Å². The lowest BCUT2D eigenvalue weighted by Crippen LogP contribution is -2.15. The number of fused-ring (bicyclic) bond motifs is 1. The number of nitrogens with zero attached hydrogens (tertiary/aromatic N) is 1. The first-order valence-corrected chi connectivity index (χ1v) is 5.61. The zero-order chi connectivity index (χ0) is 10.8. The molecule has 4 heteroatoms. The molecule has 0 aliphatic carbocycles. The van der Waals surface area contributed by atoms with Gasteiger partial charge in [0.05, 0.1) is 6.61 Å². The van der Waals surface area contributed by atoms with Crippen LogP contribution in [0.25, 0.3) is 11.1 Å². The minimum atomic E-state index is 0.383. The second-order valence-corrected chi connectivity index (χ2v) is 4.12. The Morgan fingerprint density at radius 1 is 1.44 bits per heavy atom. The zero-order valence-corrected chi connectivity index (χ0v) is 8.98. The fraction of sp³-hybridized carbons (Fsp3) is 0.417. The van der Waals surface area contributed by atoms with Crippen molar-refractivity contribution in [1.82, 2.24) is 10.3 Å². The lowest BCUT2D eigenvalue weighted by molar-refractivity contribution is 0.200. The van der Waals surface area contributed by atoms with Crippen molar-refractivity contribution in [3.63, 3.8) is 0 Å². The maximum atomic E-state index is 5.56. The molecule has 0 saturated carbocycles. The molecule has 1 N–H and O–H groups in total. The molecule has 4 nitrogen and oxygen atoms in total. The molecule has 0 amide bonds. The number of ether oxygens (including phenoxy) is 1. The first kappa shape index (κ1) is 9.66. The fourth-order valence-corrected chi connectivity index (χ4v) is 1.96. The number of hydrogen-bond acceptors (Lipinski definition) is 4. The highest BCUT2D eigenvalue weighted by molar-refractivity contribution is 5.72. The van der Waals surface area contributed by atoms with Gasteiger partial charge in [0.25, 0.3) is 0 Å². The van der Waals surface area contributed by atoms with Crippen molar-refractivity contribution < 1.29 is 9.15 Å². The molecule has 84 valence electrons. The first-order chi connectivity index (χ1) is 7.92. The van der Waals surface area contributed by atoms with Gasteiger partial charge < -0.3 is 14.5 Å². The lowest BCUT2D eigenvalue weighted by atomic mass is 10.1. The van der Waals surface area contributed by atoms with E-state index in [1.54, 1.807) is 0 Å². The molecule has 0 bridgehead atoms. The topological polar surface area (TPSA) is 47.3 Å². The standard InChI is InChI=1S/C12H14N2O2/c1-2-4-11-10(3-1)14-12(16-11)15-8-9-5-6-13-7-9/h1-4,9,13H,5-8H2/t9-/m1/s1. The van der Waals surface area contributed by atoms with Gasteiger partial charge in [0, 0.05) is 12.5 Å². The molecular weight excluding hydrogens is 204 g/mol. The lowest BCUT2D eigenvalue weighted by Gasteiger charge is -2.06. The van der Waals surface area contributed by atoms with E-state index in [2.05, 4.69) is 10.3 Å². The van der Waals surface area contributed by atoms with Crippen LogP contribution >= 0.6 is 0 Å². The molecule has 1 saturated heterocycles. The van der Waals surface area contributed by atoms with Crippen LogP contribution in [0.2, 0.25) is 0 Å². The Labute approximate surface area is 93.6 Å². The van der Waals surface area contributed by atoms with Gasteiger partial charge in [0.1, 0.15) is 5.52 Å². The number of aromatic nitrogens is 1. The molecule has 1 aromatic carbocycles. The van der Waals surface area contributed by atoms with Crippen LogP contribution in [0.1, 0.15) is 6.42 Å². The average molecular weight is 218 g/mol. The maximum Gasteiger partial charge on any atom is 0.394 e. The van der Waals surface area contributed by atoms with Gasteiger partial charge in [-0.2, -0.15) is 4.98 Å². The highest BCUT2D eigenvalue weighted by Gasteiger charge is 2.16. The van der Waals surface area contributed by atoms with Gasteiger partial charge in [0.2, 0.25) is 0 Å². The van der Waals surface area contributed by atoms with E-state index >= 15 is 0 Å². The van der Waals surface area contributed by atoms with Gasteiger partial charge >= 0.3 is 6.08 Å². The predicted octanol–water partition coefficient (Wildman–Crippen LogP) is 1.82. The molecule has 1 aliphatic heterocycles. The summed E-state index contributed by atoms with van der Waals surface area (Å²) in [7, 11) is 0. The number of benzene rings is 1. The Hall–Kier alpha value is -1.55. The summed E-state index contributed by atoms with van der Waals surface area (Å²) in [5.74, 6) is 0.579. The van der Waals surface area contributed by atoms with Crippen LogP contribution in [0.5, 0.6) is 6.08 Å². The Balaban J connectivity index is 1.69. The third kappa shape index (κ3) is 1.88. The van der Waals surface area contributed by atoms with E-state index in [9.17, 15) is 0 Å². The summed E-state index contributed by atoms with van der Waals surface area (Å²) in [6, 6.07) is 7.68. The summed E-state index contributed by atoms with van der Waals surface area (Å²) in [6.45, 7) is 2.79. The normalized spacial score (nSPS) is 20.4. The monoisotopic (exact) mass is 218 g/mol. The van der Waals surface area contributed by atoms with Gasteiger partial charge in [-0.15, -0.1) is 0 Å². The molecule has 2 aromatic rings. The van der Waals surface area contributed by atoms with Gasteiger partial charge in [-0.1, -0.05) is 12.1 Å². The summed E-state index contributed by atoms with van der Waals surface area (Å²) in [4.78, 5) is 4.26. The largest absolute Gasteiger partial charge is 0.450 e. The highest BCUT2D eigenvalue weighted by Crippen LogP contribution is 2.20. The average Bonchev–Trinajstić information content (AvgIpc) is 2.95. The molecule has 1 aromatic heterocycles. The van der Waals surface area contributed by atoms with E-state index in [1.165, 1.54) is 6.42 Å². The van der Waals surface area contributed by atoms with Crippen molar-refractivity contribution in [1.29, 1.82) is 0 Å². The molecule has 1 fully saturated rings. The SMILES string of the molecule is c1ccc2oc(OC[C@@H]3CCNC3)nc2c1. The number of para-hydroxylation sites is 2. The second kappa shape index (κ2) is 4.14. The fourth-order valence-electron chi connectivity index (χ4n) is 1.96. The first-order valence-electron chi connectivity index (χ1n) is 5.61. The van der Waals surface area contributed by atoms with Crippen LogP contribution in [0.15, 0.2) is 28.7 Å². The summed E-state index contributed by atoms with van der Waals surface area (Å²) >= 11 is 0. The van der Waals surface area contributed by atoms with E-state index in [0.717, 1.165) is 24.2 Å². The Morgan fingerprint density at radius 3 is 3.19 bits per heavy atom. The third-order valence-electron chi connectivity index (χ3n) is 2.88. The van der Waals surface area contributed by atoms with E-state index in [0.29, 0.717) is 18.6 Å². The van der Waals surface area contributed by atoms with Crippen molar-refractivity contribution in [3.05, 3.63) is 24.3 Å². The summed E-state index contributed by atoms with van der Waals surface area (Å²) in [5.41, 5.74) is 1.63. The van der Waals surface area contributed by atoms with Gasteiger partial charge in [-0.25, -0.2) is 0 Å². The molecule has 0 spiro atoms. The molecule has 1 aliphatic rings. The van der Waals surface area contributed by atoms with E-state index in [1.807, 2.05) is 24.3 Å². The zero-order valence-electron chi connectivity index (χ0n) is 8.98. The van der Waals surface area contributed by atoms with Crippen molar-refractivity contribution in [2.24, 2.45) is 5.92 Å². The van der Waals surface area contributed by atoms with Crippen molar-refractivity contribution in [3.8, 4) is 6.08 Å². The molecule has 1 atom stereocenters. The van der Waals surface area contributed by atoms with Crippen LogP contribution in [-0.2, 0) is 0 Å². The van der Waals surface area contributed by atoms with Crippen LogP contribution in [-0.4, -0.2) is 24.7 Å². The highest BCUT2D eigenvalue weighted by atomic mass is 16.6. The molecule has 0 radical (unpaired) electrons. The third-order valence-corrected chi connectivity index (χ3v) is 2.88. The van der Waals surface area contributed by atoms with Gasteiger partial charge in [-0.3, -0.25) is 0 Å². The van der Waals surface area contributed by atoms with Gasteiger partial charge in [-0.05, 0) is 25.1 Å². The van der Waals surface area contributed by atoms with Crippen molar-refractivity contribution in [2.75, 3.05) is 19.7 Å². The van der Waals surface area contributed by atoms with Crippen LogP contribution < -0.4 is 10.1 Å². The van der Waals surface area contributed by atoms with Gasteiger partial charge in [0.15, 0.2) is 5.58 Å². The van der Waals surface area contributed by atoms with E-state index in [-0.39, 0.29) is 0 Å². The van der Waals surface area contributed by atoms with E-state index < -0.39 is 0 Å². The number of oxazole rings is 1. The maximum absolute atomic E-state index is 5.56. The smallest absolute Gasteiger partial charge is 0.394 e. The molecule has 0 unspecified atom stereocenters. The Bertz CT molecular complexity index is 442.